The molecule has 0 aliphatic heterocycles. The topological polar surface area (TPSA) is 143 Å². The van der Waals surface area contributed by atoms with Crippen molar-refractivity contribution in [3.8, 4) is 0 Å². The summed E-state index contributed by atoms with van der Waals surface area (Å²) in [5.74, 6) is -0.987. The summed E-state index contributed by atoms with van der Waals surface area (Å²) in [6.07, 6.45) is 1.96. The molecule has 0 radical (unpaired) electrons. The molecule has 0 saturated carbocycles. The molecule has 12 heteroatoms. The van der Waals surface area contributed by atoms with Gasteiger partial charge in [0.1, 0.15) is 0 Å². The Kier molecular flexibility index (Phi) is 7.62. The lowest BCUT2D eigenvalue weighted by Crippen LogP contribution is -2.14. The van der Waals surface area contributed by atoms with E-state index in [1.807, 2.05) is 0 Å². The summed E-state index contributed by atoms with van der Waals surface area (Å²) in [5, 5.41) is 9.62. The highest BCUT2D eigenvalue weighted by Crippen LogP contribution is 2.19. The number of carbonyl (C=O) groups is 3. The number of pyridine rings is 1. The molecule has 0 bridgehead atoms. The summed E-state index contributed by atoms with van der Waals surface area (Å²) >= 11 is 2.48. The molecule has 0 atom stereocenters. The standard InChI is InChI=1S/C19H19N5O5S2/c1-2-29-16(27)7-13-10-31-18(22-13)23-15(26)6-4-12-9-30-19(21-12)24-17(28)11-3-5-14(25)20-8-11/h3,5,8-10H,2,4,6-7H2,1H3,(H,20,25)(H,21,24,28)(H,22,23,26). The highest BCUT2D eigenvalue weighted by Gasteiger charge is 2.13. The van der Waals surface area contributed by atoms with Gasteiger partial charge in [0, 0.05) is 29.4 Å². The van der Waals surface area contributed by atoms with Crippen molar-refractivity contribution in [2.75, 3.05) is 17.2 Å². The molecule has 2 amide bonds. The zero-order valence-corrected chi connectivity index (χ0v) is 18.1. The lowest BCUT2D eigenvalue weighted by atomic mass is 10.2. The molecule has 0 unspecified atom stereocenters. The molecular weight excluding hydrogens is 442 g/mol. The van der Waals surface area contributed by atoms with Gasteiger partial charge in [-0.1, -0.05) is 0 Å². The van der Waals surface area contributed by atoms with Gasteiger partial charge in [-0.2, -0.15) is 0 Å². The number of hydrogen-bond acceptors (Lipinski definition) is 9. The lowest BCUT2D eigenvalue weighted by molar-refractivity contribution is -0.142. The van der Waals surface area contributed by atoms with Crippen molar-refractivity contribution < 1.29 is 19.1 Å². The van der Waals surface area contributed by atoms with Crippen LogP contribution in [0.2, 0.25) is 0 Å². The quantitative estimate of drug-likeness (QED) is 0.415. The van der Waals surface area contributed by atoms with Gasteiger partial charge in [-0.3, -0.25) is 24.5 Å². The fraction of sp³-hybridized carbons (Fsp3) is 0.263. The molecule has 3 aromatic rings. The minimum Gasteiger partial charge on any atom is -0.466 e. The van der Waals surface area contributed by atoms with Crippen molar-refractivity contribution >= 4 is 50.7 Å². The number of nitrogens with zero attached hydrogens (tertiary/aromatic N) is 2. The molecule has 0 spiro atoms. The van der Waals surface area contributed by atoms with E-state index in [0.29, 0.717) is 40.2 Å². The number of amides is 2. The van der Waals surface area contributed by atoms with Gasteiger partial charge in [0.25, 0.3) is 5.91 Å². The van der Waals surface area contributed by atoms with E-state index >= 15 is 0 Å². The molecule has 10 nitrogen and oxygen atoms in total. The van der Waals surface area contributed by atoms with Crippen molar-refractivity contribution in [3.05, 3.63) is 56.4 Å². The Hall–Kier alpha value is -3.38. The average Bonchev–Trinajstić information content (AvgIpc) is 3.36. The van der Waals surface area contributed by atoms with Crippen LogP contribution in [0.25, 0.3) is 0 Å². The van der Waals surface area contributed by atoms with Crippen molar-refractivity contribution in [2.24, 2.45) is 0 Å². The molecular formula is C19H19N5O5S2. The summed E-state index contributed by atoms with van der Waals surface area (Å²) in [4.78, 5) is 57.8. The van der Waals surface area contributed by atoms with E-state index in [1.165, 1.54) is 41.0 Å². The second-order valence-corrected chi connectivity index (χ2v) is 7.93. The molecule has 3 aromatic heterocycles. The number of ether oxygens (including phenoxy) is 1. The van der Waals surface area contributed by atoms with Crippen LogP contribution in [-0.4, -0.2) is 39.3 Å². The Labute approximate surface area is 184 Å². The number of aromatic nitrogens is 3. The Balaban J connectivity index is 1.46. The Morgan fingerprint density at radius 3 is 2.48 bits per heavy atom. The van der Waals surface area contributed by atoms with Crippen LogP contribution in [0.3, 0.4) is 0 Å². The number of anilines is 2. The van der Waals surface area contributed by atoms with Gasteiger partial charge in [0.15, 0.2) is 10.3 Å². The normalized spacial score (nSPS) is 10.5. The van der Waals surface area contributed by atoms with Gasteiger partial charge in [-0.25, -0.2) is 9.97 Å². The fourth-order valence-corrected chi connectivity index (χ4v) is 3.90. The SMILES string of the molecule is CCOC(=O)Cc1csc(NC(=O)CCc2csc(NC(=O)c3ccc(=O)[nH]c3)n2)n1. The fourth-order valence-electron chi connectivity index (χ4n) is 2.43. The van der Waals surface area contributed by atoms with E-state index in [-0.39, 0.29) is 30.3 Å². The number of carbonyl (C=O) groups excluding carboxylic acids is 3. The number of rotatable bonds is 9. The molecule has 162 valence electrons. The molecule has 0 aliphatic carbocycles. The third kappa shape index (κ3) is 6.83. The number of nitrogens with one attached hydrogen (secondary N) is 3. The van der Waals surface area contributed by atoms with Crippen molar-refractivity contribution in [2.45, 2.75) is 26.2 Å². The Bertz CT molecular complexity index is 1120. The van der Waals surface area contributed by atoms with Gasteiger partial charge < -0.3 is 15.0 Å². The summed E-state index contributed by atoms with van der Waals surface area (Å²) in [6.45, 7) is 2.04. The van der Waals surface area contributed by atoms with E-state index in [4.69, 9.17) is 4.74 Å². The van der Waals surface area contributed by atoms with Gasteiger partial charge in [-0.05, 0) is 19.4 Å². The first kappa shape index (κ1) is 22.3. The third-order valence-corrected chi connectivity index (χ3v) is 5.47. The molecule has 3 N–H and O–H groups in total. The maximum atomic E-state index is 12.2. The highest BCUT2D eigenvalue weighted by atomic mass is 32.1. The number of H-pyrrole nitrogens is 1. The van der Waals surface area contributed by atoms with E-state index < -0.39 is 5.91 Å². The largest absolute Gasteiger partial charge is 0.466 e. The zero-order chi connectivity index (χ0) is 22.2. The smallest absolute Gasteiger partial charge is 0.311 e. The molecule has 3 rings (SSSR count). The maximum Gasteiger partial charge on any atom is 0.311 e. The van der Waals surface area contributed by atoms with Crippen molar-refractivity contribution in [1.29, 1.82) is 0 Å². The highest BCUT2D eigenvalue weighted by molar-refractivity contribution is 7.14. The number of esters is 1. The number of aryl methyl sites for hydroxylation is 1. The third-order valence-electron chi connectivity index (χ3n) is 3.86. The molecule has 0 aromatic carbocycles. The van der Waals surface area contributed by atoms with E-state index in [0.717, 1.165) is 0 Å². The first-order chi connectivity index (χ1) is 14.9. The zero-order valence-electron chi connectivity index (χ0n) is 16.5. The monoisotopic (exact) mass is 461 g/mol. The lowest BCUT2D eigenvalue weighted by Gasteiger charge is -2.01. The van der Waals surface area contributed by atoms with Crippen molar-refractivity contribution in [3.63, 3.8) is 0 Å². The van der Waals surface area contributed by atoms with Gasteiger partial charge in [0.2, 0.25) is 11.5 Å². The molecule has 0 saturated heterocycles. The van der Waals surface area contributed by atoms with E-state index in [9.17, 15) is 19.2 Å². The minimum absolute atomic E-state index is 0.0621. The van der Waals surface area contributed by atoms with Crippen LogP contribution in [0.5, 0.6) is 0 Å². The predicted octanol–water partition coefficient (Wildman–Crippen LogP) is 2.22. The van der Waals surface area contributed by atoms with Crippen LogP contribution in [0.4, 0.5) is 10.3 Å². The van der Waals surface area contributed by atoms with Crippen LogP contribution in [0.1, 0.15) is 35.1 Å². The maximum absolute atomic E-state index is 12.2. The number of hydrogen-bond donors (Lipinski definition) is 3. The van der Waals surface area contributed by atoms with Crippen LogP contribution in [-0.2, 0) is 27.2 Å². The van der Waals surface area contributed by atoms with Crippen LogP contribution in [0, 0.1) is 0 Å². The second kappa shape index (κ2) is 10.6. The summed E-state index contributed by atoms with van der Waals surface area (Å²) in [5.41, 5.74) is 1.22. The first-order valence-electron chi connectivity index (χ1n) is 9.27. The second-order valence-electron chi connectivity index (χ2n) is 6.21. The Morgan fingerprint density at radius 1 is 1.06 bits per heavy atom. The summed E-state index contributed by atoms with van der Waals surface area (Å²) in [7, 11) is 0. The molecule has 3 heterocycles. The van der Waals surface area contributed by atoms with Gasteiger partial charge in [0.05, 0.1) is 30.0 Å². The van der Waals surface area contributed by atoms with Crippen LogP contribution < -0.4 is 16.2 Å². The van der Waals surface area contributed by atoms with Crippen LogP contribution in [0.15, 0.2) is 33.9 Å². The predicted molar refractivity (Wildman–Crippen MR) is 117 cm³/mol. The minimum atomic E-state index is -0.391. The van der Waals surface area contributed by atoms with E-state index in [1.54, 1.807) is 17.7 Å². The summed E-state index contributed by atoms with van der Waals surface area (Å²) in [6, 6.07) is 2.69. The van der Waals surface area contributed by atoms with Crippen molar-refractivity contribution in [1.82, 2.24) is 15.0 Å². The average molecular weight is 462 g/mol. The molecule has 31 heavy (non-hydrogen) atoms. The Morgan fingerprint density at radius 2 is 1.77 bits per heavy atom. The molecule has 0 fully saturated rings. The molecule has 0 aliphatic rings. The van der Waals surface area contributed by atoms with Gasteiger partial charge in [-0.15, -0.1) is 22.7 Å². The van der Waals surface area contributed by atoms with Gasteiger partial charge >= 0.3 is 5.97 Å². The van der Waals surface area contributed by atoms with Crippen LogP contribution >= 0.6 is 22.7 Å². The number of thiazole rings is 2. The summed E-state index contributed by atoms with van der Waals surface area (Å²) < 4.78 is 4.87. The van der Waals surface area contributed by atoms with E-state index in [2.05, 4.69) is 25.6 Å². The number of aromatic amines is 1. The first-order valence-corrected chi connectivity index (χ1v) is 11.0.